The van der Waals surface area contributed by atoms with Crippen molar-refractivity contribution in [2.75, 3.05) is 18.9 Å². The number of para-hydroxylation sites is 1. The Hall–Kier alpha value is -3.57. The monoisotopic (exact) mass is 602 g/mol. The average molecular weight is 603 g/mol. The van der Waals surface area contributed by atoms with E-state index < -0.39 is 50.3 Å². The number of nitrogen functional groups attached to an aromatic ring is 1. The van der Waals surface area contributed by atoms with Crippen molar-refractivity contribution in [3.63, 3.8) is 0 Å². The molecule has 0 aliphatic carbocycles. The normalized spacial score (nSPS) is 24.3. The standard InChI is InChI=1S/C27H35N6O8P/c1-4-18(5-2)13-38-26(36)17(3)32-42(37,41-19-9-7-6-8-10-19)39-14-21-23(34)24(35)27(15-28,40-21)22-12-11-20-25(29)30-16-31-33(20)22/h6-12,16-18,21,23-24,34-35H,4-5,13-14H2,1-3H3,(H,32,37)(H2,29,30,31)/t17-,21-,23+,24+,27+,42-/m0/s1. The molecule has 3 aromatic rings. The summed E-state index contributed by atoms with van der Waals surface area (Å²) in [6, 6.07) is 12.0. The molecule has 0 spiro atoms. The Morgan fingerprint density at radius 1 is 1.26 bits per heavy atom. The highest BCUT2D eigenvalue weighted by atomic mass is 31.2. The molecule has 1 saturated heterocycles. The van der Waals surface area contributed by atoms with Crippen molar-refractivity contribution in [3.05, 3.63) is 54.5 Å². The van der Waals surface area contributed by atoms with E-state index in [2.05, 4.69) is 15.2 Å². The van der Waals surface area contributed by atoms with Crippen LogP contribution >= 0.6 is 7.75 Å². The molecule has 2 aromatic heterocycles. The lowest BCUT2D eigenvalue weighted by Crippen LogP contribution is -2.41. The lowest BCUT2D eigenvalue weighted by Gasteiger charge is -2.25. The van der Waals surface area contributed by atoms with E-state index in [4.69, 9.17) is 24.3 Å². The van der Waals surface area contributed by atoms with Gasteiger partial charge < -0.3 is 29.9 Å². The maximum Gasteiger partial charge on any atom is 0.459 e. The Kier molecular flexibility index (Phi) is 9.83. The molecule has 1 aliphatic heterocycles. The molecule has 0 amide bonds. The summed E-state index contributed by atoms with van der Waals surface area (Å²) in [6.45, 7) is 5.08. The van der Waals surface area contributed by atoms with Crippen molar-refractivity contribution in [1.82, 2.24) is 19.7 Å². The predicted molar refractivity (Wildman–Crippen MR) is 150 cm³/mol. The third kappa shape index (κ3) is 6.42. The van der Waals surface area contributed by atoms with Crippen molar-refractivity contribution in [1.29, 1.82) is 5.26 Å². The molecule has 14 nitrogen and oxygen atoms in total. The minimum Gasteiger partial charge on any atom is -0.464 e. The van der Waals surface area contributed by atoms with Gasteiger partial charge in [-0.25, -0.2) is 14.1 Å². The number of esters is 1. The number of aliphatic hydroxyl groups excluding tert-OH is 2. The number of carbonyl (C=O) groups is 1. The molecular weight excluding hydrogens is 567 g/mol. The first-order chi connectivity index (χ1) is 20.1. The fourth-order valence-corrected chi connectivity index (χ4v) is 6.07. The van der Waals surface area contributed by atoms with Crippen LogP contribution in [0, 0.1) is 17.2 Å². The Morgan fingerprint density at radius 3 is 2.64 bits per heavy atom. The van der Waals surface area contributed by atoms with Crippen LogP contribution in [0.15, 0.2) is 48.8 Å². The number of nitrogens with two attached hydrogens (primary N) is 1. The maximum absolute atomic E-state index is 13.9. The van der Waals surface area contributed by atoms with Crippen molar-refractivity contribution in [3.8, 4) is 11.8 Å². The van der Waals surface area contributed by atoms with E-state index in [9.17, 15) is 24.8 Å². The number of hydrogen-bond donors (Lipinski definition) is 4. The molecule has 1 aromatic carbocycles. The SMILES string of the molecule is CCC(CC)COC(=O)[C@H](C)N[P@](=O)(OC[C@@H]1O[C@](C#N)(c2ccc3c(N)ncnn23)[C@H](O)[C@@H]1O)Oc1ccccc1. The van der Waals surface area contributed by atoms with Crippen LogP contribution in [0.1, 0.15) is 39.3 Å². The third-order valence-electron chi connectivity index (χ3n) is 7.19. The maximum atomic E-state index is 13.9. The van der Waals surface area contributed by atoms with Gasteiger partial charge in [-0.2, -0.15) is 15.4 Å². The number of aromatic nitrogens is 3. The van der Waals surface area contributed by atoms with E-state index in [1.807, 2.05) is 19.9 Å². The number of nitriles is 1. The number of nitrogens with zero attached hydrogens (tertiary/aromatic N) is 4. The molecular formula is C27H35N6O8P. The molecule has 0 bridgehead atoms. The Morgan fingerprint density at radius 2 is 1.98 bits per heavy atom. The molecule has 0 radical (unpaired) electrons. The van der Waals surface area contributed by atoms with Crippen LogP contribution in [0.3, 0.4) is 0 Å². The summed E-state index contributed by atoms with van der Waals surface area (Å²) >= 11 is 0. The Labute approximate surface area is 242 Å². The zero-order valence-corrected chi connectivity index (χ0v) is 24.4. The van der Waals surface area contributed by atoms with Gasteiger partial charge in [0.15, 0.2) is 5.82 Å². The van der Waals surface area contributed by atoms with E-state index >= 15 is 0 Å². The van der Waals surface area contributed by atoms with E-state index in [1.165, 1.54) is 23.8 Å². The second kappa shape index (κ2) is 13.2. The summed E-state index contributed by atoms with van der Waals surface area (Å²) in [5.74, 6) is -0.143. The molecule has 3 heterocycles. The summed E-state index contributed by atoms with van der Waals surface area (Å²) in [5.41, 5.74) is 4.28. The summed E-state index contributed by atoms with van der Waals surface area (Å²) in [4.78, 5) is 16.6. The summed E-state index contributed by atoms with van der Waals surface area (Å²) in [7, 11) is -4.32. The van der Waals surface area contributed by atoms with Crippen LogP contribution in [0.4, 0.5) is 5.82 Å². The fourth-order valence-electron chi connectivity index (χ4n) is 4.57. The van der Waals surface area contributed by atoms with Gasteiger partial charge in [0.25, 0.3) is 0 Å². The topological polar surface area (TPSA) is 204 Å². The molecule has 6 atom stereocenters. The highest BCUT2D eigenvalue weighted by Gasteiger charge is 2.58. The van der Waals surface area contributed by atoms with Crippen LogP contribution in [0.25, 0.3) is 5.52 Å². The summed E-state index contributed by atoms with van der Waals surface area (Å²) < 4.78 is 37.8. The van der Waals surface area contributed by atoms with Crippen LogP contribution in [0.5, 0.6) is 5.75 Å². The minimum atomic E-state index is -4.32. The van der Waals surface area contributed by atoms with E-state index in [0.717, 1.165) is 12.8 Å². The van der Waals surface area contributed by atoms with Crippen LogP contribution < -0.4 is 15.3 Å². The first-order valence-corrected chi connectivity index (χ1v) is 15.1. The fraction of sp³-hybridized carbons (Fsp3) is 0.481. The predicted octanol–water partition coefficient (Wildman–Crippen LogP) is 2.31. The summed E-state index contributed by atoms with van der Waals surface area (Å²) in [6.07, 6.45) is -1.87. The smallest absolute Gasteiger partial charge is 0.459 e. The molecule has 226 valence electrons. The average Bonchev–Trinajstić information content (AvgIpc) is 3.53. The summed E-state index contributed by atoms with van der Waals surface area (Å²) in [5, 5.41) is 38.7. The van der Waals surface area contributed by atoms with Crippen LogP contribution in [-0.4, -0.2) is 68.3 Å². The largest absolute Gasteiger partial charge is 0.464 e. The molecule has 15 heteroatoms. The van der Waals surface area contributed by atoms with Gasteiger partial charge in [-0.1, -0.05) is 44.9 Å². The second-order valence-electron chi connectivity index (χ2n) is 9.96. The van der Waals surface area contributed by atoms with Gasteiger partial charge in [0.05, 0.1) is 18.9 Å². The van der Waals surface area contributed by atoms with E-state index in [-0.39, 0.29) is 29.8 Å². The van der Waals surface area contributed by atoms with Crippen LogP contribution in [-0.2, 0) is 29.0 Å². The van der Waals surface area contributed by atoms with Gasteiger partial charge >= 0.3 is 13.7 Å². The van der Waals surface area contributed by atoms with Gasteiger partial charge in [0.1, 0.15) is 48.0 Å². The number of hydrogen-bond acceptors (Lipinski definition) is 12. The quantitative estimate of drug-likeness (QED) is 0.164. The molecule has 42 heavy (non-hydrogen) atoms. The minimum absolute atomic E-state index is 0.0961. The number of rotatable bonds is 13. The molecule has 0 saturated carbocycles. The lowest BCUT2D eigenvalue weighted by atomic mass is 9.92. The van der Waals surface area contributed by atoms with Gasteiger partial charge in [-0.15, -0.1) is 0 Å². The zero-order chi connectivity index (χ0) is 30.5. The highest BCUT2D eigenvalue weighted by Crippen LogP contribution is 2.47. The Balaban J connectivity index is 1.53. The van der Waals surface area contributed by atoms with E-state index in [0.29, 0.717) is 5.52 Å². The van der Waals surface area contributed by atoms with Gasteiger partial charge in [0, 0.05) is 0 Å². The molecule has 0 unspecified atom stereocenters. The van der Waals surface area contributed by atoms with Gasteiger partial charge in [0.2, 0.25) is 5.60 Å². The van der Waals surface area contributed by atoms with E-state index in [1.54, 1.807) is 36.4 Å². The Bertz CT molecular complexity index is 1460. The first kappa shape index (κ1) is 31.4. The van der Waals surface area contributed by atoms with Gasteiger partial charge in [-0.3, -0.25) is 9.32 Å². The van der Waals surface area contributed by atoms with Crippen molar-refractivity contribution in [2.24, 2.45) is 5.92 Å². The second-order valence-corrected chi connectivity index (χ2v) is 11.7. The van der Waals surface area contributed by atoms with Crippen LogP contribution in [0.2, 0.25) is 0 Å². The molecule has 1 aliphatic rings. The molecule has 5 N–H and O–H groups in total. The number of benzene rings is 1. The lowest BCUT2D eigenvalue weighted by molar-refractivity contribution is -0.146. The van der Waals surface area contributed by atoms with Gasteiger partial charge in [-0.05, 0) is 37.1 Å². The van der Waals surface area contributed by atoms with Crippen molar-refractivity contribution < 1.29 is 38.1 Å². The number of fused-ring (bicyclic) bond motifs is 1. The van der Waals surface area contributed by atoms with Crippen molar-refractivity contribution >= 4 is 25.1 Å². The number of aliphatic hydroxyl groups is 2. The molecule has 1 fully saturated rings. The number of nitrogens with one attached hydrogen (secondary N) is 1. The number of ether oxygens (including phenoxy) is 2. The van der Waals surface area contributed by atoms with Crippen molar-refractivity contribution in [2.45, 2.75) is 63.6 Å². The third-order valence-corrected chi connectivity index (χ3v) is 8.83. The first-order valence-electron chi connectivity index (χ1n) is 13.5. The zero-order valence-electron chi connectivity index (χ0n) is 23.5. The molecule has 4 rings (SSSR count). The number of carbonyl (C=O) groups excluding carboxylic acids is 1. The number of anilines is 1. The highest BCUT2D eigenvalue weighted by molar-refractivity contribution is 7.52.